The number of rotatable bonds is 3. The molecular weight excluding hydrogens is 233 g/mol. The van der Waals surface area contributed by atoms with Crippen LogP contribution in [0.4, 0.5) is 4.39 Å². The number of methoxy groups -OCH3 is 1. The van der Waals surface area contributed by atoms with Gasteiger partial charge >= 0.3 is 5.97 Å². The summed E-state index contributed by atoms with van der Waals surface area (Å²) < 4.78 is 18.1. The maximum absolute atomic E-state index is 13.3. The van der Waals surface area contributed by atoms with Crippen LogP contribution in [-0.4, -0.2) is 37.2 Å². The minimum atomic E-state index is -0.746. The summed E-state index contributed by atoms with van der Waals surface area (Å²) in [5, 5.41) is 0. The van der Waals surface area contributed by atoms with Gasteiger partial charge in [-0.25, -0.2) is 9.18 Å². The number of nitrogens with zero attached hydrogens (tertiary/aromatic N) is 1. The molecule has 0 aliphatic carbocycles. The van der Waals surface area contributed by atoms with E-state index in [4.69, 9.17) is 4.74 Å². The summed E-state index contributed by atoms with van der Waals surface area (Å²) >= 11 is 0. The minimum absolute atomic E-state index is 0.334. The molecule has 0 N–H and O–H groups in total. The lowest BCUT2D eigenvalue weighted by molar-refractivity contribution is 0.0597. The average molecular weight is 251 g/mol. The Balaban J connectivity index is 2.10. The Morgan fingerprint density at radius 2 is 2.28 bits per heavy atom. The second-order valence-corrected chi connectivity index (χ2v) is 4.62. The minimum Gasteiger partial charge on any atom is -0.465 e. The number of ether oxygens (including phenoxy) is 1. The Hall–Kier alpha value is -1.42. The molecule has 2 rings (SSSR count). The molecule has 0 aromatic heterocycles. The van der Waals surface area contributed by atoms with E-state index in [1.54, 1.807) is 6.07 Å². The molecule has 0 bridgehead atoms. The molecule has 0 saturated carbocycles. The Bertz CT molecular complexity index is 422. The van der Waals surface area contributed by atoms with Crippen LogP contribution >= 0.6 is 0 Å². The van der Waals surface area contributed by atoms with E-state index in [0.29, 0.717) is 25.1 Å². The SMILES string of the molecule is COC(=O)c1ccccc1CN1CCC[C@@H](F)C1. The van der Waals surface area contributed by atoms with E-state index in [0.717, 1.165) is 18.5 Å². The Morgan fingerprint density at radius 1 is 1.50 bits per heavy atom. The van der Waals surface area contributed by atoms with Gasteiger partial charge in [0.15, 0.2) is 0 Å². The summed E-state index contributed by atoms with van der Waals surface area (Å²) in [5.41, 5.74) is 1.47. The standard InChI is InChI=1S/C14H18FNO2/c1-18-14(17)13-7-3-2-5-11(13)9-16-8-4-6-12(15)10-16/h2-3,5,7,12H,4,6,8-10H2,1H3/t12-/m1/s1. The quantitative estimate of drug-likeness (QED) is 0.773. The molecule has 98 valence electrons. The first-order valence-electron chi connectivity index (χ1n) is 6.23. The van der Waals surface area contributed by atoms with Crippen molar-refractivity contribution in [2.24, 2.45) is 0 Å². The van der Waals surface area contributed by atoms with Crippen LogP contribution in [0.1, 0.15) is 28.8 Å². The second kappa shape index (κ2) is 5.96. The van der Waals surface area contributed by atoms with E-state index in [1.165, 1.54) is 7.11 Å². The molecule has 1 aliphatic heterocycles. The zero-order chi connectivity index (χ0) is 13.0. The van der Waals surface area contributed by atoms with Crippen LogP contribution in [0.5, 0.6) is 0 Å². The van der Waals surface area contributed by atoms with Gasteiger partial charge in [0.25, 0.3) is 0 Å². The van der Waals surface area contributed by atoms with E-state index in [2.05, 4.69) is 4.90 Å². The molecule has 1 aliphatic rings. The van der Waals surface area contributed by atoms with Crippen molar-refractivity contribution in [2.75, 3.05) is 20.2 Å². The molecule has 4 heteroatoms. The van der Waals surface area contributed by atoms with Crippen LogP contribution in [0, 0.1) is 0 Å². The molecule has 1 atom stereocenters. The van der Waals surface area contributed by atoms with Gasteiger partial charge in [0.1, 0.15) is 6.17 Å². The van der Waals surface area contributed by atoms with Crippen molar-refractivity contribution in [3.63, 3.8) is 0 Å². The van der Waals surface area contributed by atoms with E-state index in [1.807, 2.05) is 18.2 Å². The van der Waals surface area contributed by atoms with Gasteiger partial charge in [0, 0.05) is 13.1 Å². The fourth-order valence-electron chi connectivity index (χ4n) is 2.35. The summed E-state index contributed by atoms with van der Waals surface area (Å²) in [6, 6.07) is 7.34. The third-order valence-electron chi connectivity index (χ3n) is 3.26. The van der Waals surface area contributed by atoms with Crippen LogP contribution in [0.3, 0.4) is 0 Å². The summed E-state index contributed by atoms with van der Waals surface area (Å²) in [4.78, 5) is 13.7. The number of halogens is 1. The van der Waals surface area contributed by atoms with Gasteiger partial charge in [-0.3, -0.25) is 4.90 Å². The number of alkyl halides is 1. The highest BCUT2D eigenvalue weighted by Crippen LogP contribution is 2.18. The summed E-state index contributed by atoms with van der Waals surface area (Å²) in [6.45, 7) is 1.94. The van der Waals surface area contributed by atoms with Gasteiger partial charge in [-0.2, -0.15) is 0 Å². The number of carbonyl (C=O) groups excluding carboxylic acids is 1. The first-order valence-corrected chi connectivity index (χ1v) is 6.23. The normalized spacial score (nSPS) is 20.7. The maximum atomic E-state index is 13.3. The van der Waals surface area contributed by atoms with Gasteiger partial charge in [-0.15, -0.1) is 0 Å². The van der Waals surface area contributed by atoms with Gasteiger partial charge in [0.05, 0.1) is 12.7 Å². The Kier molecular flexibility index (Phi) is 4.31. The number of hydrogen-bond acceptors (Lipinski definition) is 3. The van der Waals surface area contributed by atoms with Crippen molar-refractivity contribution in [3.05, 3.63) is 35.4 Å². The molecule has 0 radical (unpaired) electrons. The molecular formula is C14H18FNO2. The fourth-order valence-corrected chi connectivity index (χ4v) is 2.35. The van der Waals surface area contributed by atoms with E-state index in [9.17, 15) is 9.18 Å². The van der Waals surface area contributed by atoms with E-state index >= 15 is 0 Å². The lowest BCUT2D eigenvalue weighted by Gasteiger charge is -2.29. The van der Waals surface area contributed by atoms with Crippen LogP contribution in [0.15, 0.2) is 24.3 Å². The smallest absolute Gasteiger partial charge is 0.338 e. The largest absolute Gasteiger partial charge is 0.465 e. The fraction of sp³-hybridized carbons (Fsp3) is 0.500. The lowest BCUT2D eigenvalue weighted by Crippen LogP contribution is -2.36. The molecule has 1 saturated heterocycles. The summed E-state index contributed by atoms with van der Waals surface area (Å²) in [6.07, 6.45) is 0.778. The van der Waals surface area contributed by atoms with Crippen molar-refractivity contribution < 1.29 is 13.9 Å². The number of esters is 1. The van der Waals surface area contributed by atoms with Gasteiger partial charge in [0.2, 0.25) is 0 Å². The highest BCUT2D eigenvalue weighted by molar-refractivity contribution is 5.90. The van der Waals surface area contributed by atoms with Gasteiger partial charge < -0.3 is 4.74 Å². The monoisotopic (exact) mass is 251 g/mol. The molecule has 18 heavy (non-hydrogen) atoms. The molecule has 1 fully saturated rings. The topological polar surface area (TPSA) is 29.5 Å². The van der Waals surface area contributed by atoms with Crippen LogP contribution in [0.25, 0.3) is 0 Å². The first-order chi connectivity index (χ1) is 8.70. The number of benzene rings is 1. The molecule has 1 heterocycles. The molecule has 1 aromatic rings. The van der Waals surface area contributed by atoms with Crippen LogP contribution < -0.4 is 0 Å². The van der Waals surface area contributed by atoms with Crippen molar-refractivity contribution in [1.82, 2.24) is 4.90 Å². The van der Waals surface area contributed by atoms with Crippen molar-refractivity contribution in [3.8, 4) is 0 Å². The molecule has 0 amide bonds. The van der Waals surface area contributed by atoms with Crippen molar-refractivity contribution in [2.45, 2.75) is 25.6 Å². The number of hydrogen-bond donors (Lipinski definition) is 0. The predicted molar refractivity (Wildman–Crippen MR) is 67.2 cm³/mol. The van der Waals surface area contributed by atoms with Crippen molar-refractivity contribution >= 4 is 5.97 Å². The van der Waals surface area contributed by atoms with E-state index in [-0.39, 0.29) is 5.97 Å². The van der Waals surface area contributed by atoms with Crippen LogP contribution in [0.2, 0.25) is 0 Å². The van der Waals surface area contributed by atoms with Gasteiger partial charge in [-0.05, 0) is 31.0 Å². The average Bonchev–Trinajstić information content (AvgIpc) is 2.38. The van der Waals surface area contributed by atoms with Crippen LogP contribution in [-0.2, 0) is 11.3 Å². The lowest BCUT2D eigenvalue weighted by atomic mass is 10.0. The second-order valence-electron chi connectivity index (χ2n) is 4.62. The first kappa shape index (κ1) is 13.0. The van der Waals surface area contributed by atoms with E-state index < -0.39 is 6.17 Å². The number of piperidine rings is 1. The molecule has 1 aromatic carbocycles. The summed E-state index contributed by atoms with van der Waals surface area (Å²) in [7, 11) is 1.37. The number of carbonyl (C=O) groups is 1. The van der Waals surface area contributed by atoms with Crippen molar-refractivity contribution in [1.29, 1.82) is 0 Å². The molecule has 0 spiro atoms. The highest BCUT2D eigenvalue weighted by Gasteiger charge is 2.20. The zero-order valence-corrected chi connectivity index (χ0v) is 10.6. The van der Waals surface area contributed by atoms with Gasteiger partial charge in [-0.1, -0.05) is 18.2 Å². The molecule has 0 unspecified atom stereocenters. The third-order valence-corrected chi connectivity index (χ3v) is 3.26. The Morgan fingerprint density at radius 3 is 3.00 bits per heavy atom. The zero-order valence-electron chi connectivity index (χ0n) is 10.6. The molecule has 3 nitrogen and oxygen atoms in total. The highest BCUT2D eigenvalue weighted by atomic mass is 19.1. The Labute approximate surface area is 107 Å². The third kappa shape index (κ3) is 3.07. The summed E-state index contributed by atoms with van der Waals surface area (Å²) in [5.74, 6) is -0.334. The number of likely N-dealkylation sites (tertiary alicyclic amines) is 1. The maximum Gasteiger partial charge on any atom is 0.338 e. The predicted octanol–water partition coefficient (Wildman–Crippen LogP) is 2.41.